The number of aliphatic imine (C=N–C) groups is 1. The molecule has 0 aliphatic carbocycles. The molecule has 1 heterocycles. The molecule has 0 radical (unpaired) electrons. The first-order valence-electron chi connectivity index (χ1n) is 11.2. The molecule has 0 saturated carbocycles. The first-order chi connectivity index (χ1) is 16.8. The number of rotatable bonds is 9. The number of nitrogens with one attached hydrogen (secondary N) is 2. The van der Waals surface area contributed by atoms with Gasteiger partial charge in [-0.05, 0) is 32.4 Å². The average Bonchev–Trinajstić information content (AvgIpc) is 2.85. The number of aliphatic hydroxyl groups excluding tert-OH is 1. The van der Waals surface area contributed by atoms with Gasteiger partial charge in [-0.3, -0.25) is 10.1 Å². The van der Waals surface area contributed by atoms with E-state index < -0.39 is 29.0 Å². The van der Waals surface area contributed by atoms with Gasteiger partial charge in [0.1, 0.15) is 11.9 Å². The summed E-state index contributed by atoms with van der Waals surface area (Å²) in [5.41, 5.74) is -0.273. The van der Waals surface area contributed by atoms with E-state index in [0.717, 1.165) is 5.56 Å². The van der Waals surface area contributed by atoms with Crippen LogP contribution in [0, 0.1) is 21.6 Å². The van der Waals surface area contributed by atoms with Crippen LogP contribution < -0.4 is 15.4 Å². The third-order valence-corrected chi connectivity index (χ3v) is 5.63. The third-order valence-electron chi connectivity index (χ3n) is 5.63. The van der Waals surface area contributed by atoms with Crippen molar-refractivity contribution in [2.45, 2.75) is 51.4 Å². The van der Waals surface area contributed by atoms with Gasteiger partial charge >= 0.3 is 0 Å². The van der Waals surface area contributed by atoms with Crippen molar-refractivity contribution in [3.8, 4) is 11.9 Å². The summed E-state index contributed by atoms with van der Waals surface area (Å²) in [5, 5.41) is 38.3. The highest BCUT2D eigenvalue weighted by Gasteiger charge is 2.53. The van der Waals surface area contributed by atoms with Gasteiger partial charge in [0.2, 0.25) is 12.2 Å². The lowest BCUT2D eigenvalue weighted by Gasteiger charge is -2.47. The van der Waals surface area contributed by atoms with E-state index in [1.54, 1.807) is 27.0 Å². The van der Waals surface area contributed by atoms with Crippen molar-refractivity contribution in [1.29, 1.82) is 5.26 Å². The molecule has 0 unspecified atom stereocenters. The lowest BCUT2D eigenvalue weighted by molar-refractivity contribution is -0.385. The molecule has 186 valence electrons. The minimum Gasteiger partial charge on any atom is -0.479 e. The van der Waals surface area contributed by atoms with Crippen LogP contribution in [0.2, 0.25) is 0 Å². The molecule has 0 bridgehead atoms. The summed E-state index contributed by atoms with van der Waals surface area (Å²) >= 11 is 0. The monoisotopic (exact) mass is 483 g/mol. The zero-order valence-electron chi connectivity index (χ0n) is 19.8. The molecule has 2 aromatic rings. The van der Waals surface area contributed by atoms with Crippen LogP contribution in [0.25, 0.3) is 0 Å². The number of nitro benzene ring substituents is 1. The molecular formula is C24H29N5O6. The highest BCUT2D eigenvalue weighted by Crippen LogP contribution is 2.43. The summed E-state index contributed by atoms with van der Waals surface area (Å²) in [4.78, 5) is 14.7. The van der Waals surface area contributed by atoms with Crippen molar-refractivity contribution in [3.05, 3.63) is 69.8 Å². The molecule has 35 heavy (non-hydrogen) atoms. The van der Waals surface area contributed by atoms with E-state index in [0.29, 0.717) is 31.1 Å². The molecule has 1 aliphatic rings. The van der Waals surface area contributed by atoms with E-state index in [1.165, 1.54) is 18.2 Å². The van der Waals surface area contributed by atoms with E-state index >= 15 is 0 Å². The Morgan fingerprint density at radius 2 is 1.97 bits per heavy atom. The Morgan fingerprint density at radius 1 is 1.29 bits per heavy atom. The lowest BCUT2D eigenvalue weighted by atomic mass is 9.84. The molecule has 0 spiro atoms. The molecule has 2 aromatic carbocycles. The number of guanidine groups is 1. The molecule has 0 amide bonds. The zero-order valence-corrected chi connectivity index (χ0v) is 19.8. The predicted octanol–water partition coefficient (Wildman–Crippen LogP) is 2.76. The van der Waals surface area contributed by atoms with E-state index in [9.17, 15) is 20.5 Å². The van der Waals surface area contributed by atoms with Gasteiger partial charge in [-0.1, -0.05) is 30.3 Å². The number of fused-ring (bicyclic) bond motifs is 1. The normalized spacial score (nSPS) is 21.5. The van der Waals surface area contributed by atoms with Crippen LogP contribution >= 0.6 is 0 Å². The Hall–Kier alpha value is -3.72. The fourth-order valence-corrected chi connectivity index (χ4v) is 3.91. The van der Waals surface area contributed by atoms with Crippen molar-refractivity contribution in [3.63, 3.8) is 0 Å². The van der Waals surface area contributed by atoms with E-state index in [1.807, 2.05) is 30.3 Å². The molecule has 3 rings (SSSR count). The SMILES string of the molecule is CCOC(OCC)[C@@]1(C)Oc2ccc([N+](=O)[O-])cc2[C@@H](NC(=NC#N)NCc2ccccc2)[C@@H]1O. The summed E-state index contributed by atoms with van der Waals surface area (Å²) in [5.74, 6) is 0.399. The lowest BCUT2D eigenvalue weighted by Crippen LogP contribution is -2.63. The Balaban J connectivity index is 2.00. The highest BCUT2D eigenvalue weighted by atomic mass is 16.7. The van der Waals surface area contributed by atoms with Gasteiger partial charge in [-0.25, -0.2) is 0 Å². The smallest absolute Gasteiger partial charge is 0.270 e. The number of hydrogen-bond donors (Lipinski definition) is 3. The zero-order chi connectivity index (χ0) is 25.4. The first-order valence-corrected chi connectivity index (χ1v) is 11.2. The molecule has 3 atom stereocenters. The number of nitrogens with zero attached hydrogens (tertiary/aromatic N) is 3. The second-order valence-electron chi connectivity index (χ2n) is 7.97. The molecular weight excluding hydrogens is 454 g/mol. The number of ether oxygens (including phenoxy) is 3. The molecule has 11 heteroatoms. The Labute approximate surface area is 203 Å². The number of nitro groups is 1. The van der Waals surface area contributed by atoms with Gasteiger partial charge in [0, 0.05) is 37.5 Å². The highest BCUT2D eigenvalue weighted by molar-refractivity contribution is 5.81. The van der Waals surface area contributed by atoms with Gasteiger partial charge in [0.25, 0.3) is 5.69 Å². The first kappa shape index (κ1) is 25.9. The van der Waals surface area contributed by atoms with Crippen molar-refractivity contribution in [2.75, 3.05) is 13.2 Å². The van der Waals surface area contributed by atoms with E-state index in [4.69, 9.17) is 14.2 Å². The fraction of sp³-hybridized carbons (Fsp3) is 0.417. The topological polar surface area (TPSA) is 151 Å². The number of nitriles is 1. The largest absolute Gasteiger partial charge is 0.479 e. The average molecular weight is 484 g/mol. The Kier molecular flexibility index (Phi) is 8.59. The Morgan fingerprint density at radius 3 is 2.57 bits per heavy atom. The third kappa shape index (κ3) is 5.86. The minimum atomic E-state index is -1.38. The summed E-state index contributed by atoms with van der Waals surface area (Å²) < 4.78 is 17.6. The van der Waals surface area contributed by atoms with Crippen LogP contribution in [0.4, 0.5) is 5.69 Å². The maximum absolute atomic E-state index is 11.5. The number of non-ortho nitro benzene ring substituents is 1. The maximum atomic E-state index is 11.5. The molecule has 11 nitrogen and oxygen atoms in total. The van der Waals surface area contributed by atoms with Crippen molar-refractivity contribution >= 4 is 11.6 Å². The van der Waals surface area contributed by atoms with Crippen LogP contribution in [0.3, 0.4) is 0 Å². The van der Waals surface area contributed by atoms with Gasteiger partial charge in [0.15, 0.2) is 11.9 Å². The quantitative estimate of drug-likeness (QED) is 0.122. The number of benzene rings is 2. The molecule has 0 fully saturated rings. The maximum Gasteiger partial charge on any atom is 0.270 e. The van der Waals surface area contributed by atoms with Gasteiger partial charge in [-0.2, -0.15) is 5.26 Å². The standard InChI is InChI=1S/C24H29N5O6/c1-4-33-22(34-5-2)24(3)21(30)20(18-13-17(29(31)32)11-12-19(18)35-24)28-23(27-15-25)26-14-16-9-7-6-8-10-16/h6-13,20-22,30H,4-5,14H2,1-3H3,(H2,26,27,28)/t20-,21+,24+/m1/s1. The van der Waals surface area contributed by atoms with Gasteiger partial charge in [-0.15, -0.1) is 4.99 Å². The Bertz CT molecular complexity index is 1080. The van der Waals surface area contributed by atoms with Crippen LogP contribution in [-0.2, 0) is 16.0 Å². The number of hydrogen-bond acceptors (Lipinski definition) is 8. The van der Waals surface area contributed by atoms with Crippen LogP contribution in [-0.4, -0.2) is 47.2 Å². The fourth-order valence-electron chi connectivity index (χ4n) is 3.91. The van der Waals surface area contributed by atoms with E-state index in [2.05, 4.69) is 15.6 Å². The molecule has 0 saturated heterocycles. The molecule has 1 aliphatic heterocycles. The number of aliphatic hydroxyl groups is 1. The summed E-state index contributed by atoms with van der Waals surface area (Å²) in [6.45, 7) is 6.20. The van der Waals surface area contributed by atoms with Crippen molar-refractivity contribution < 1.29 is 24.2 Å². The van der Waals surface area contributed by atoms with Crippen molar-refractivity contribution in [2.24, 2.45) is 4.99 Å². The minimum absolute atomic E-state index is 0.0893. The second-order valence-corrected chi connectivity index (χ2v) is 7.97. The predicted molar refractivity (Wildman–Crippen MR) is 127 cm³/mol. The second kappa shape index (κ2) is 11.6. The summed E-state index contributed by atoms with van der Waals surface area (Å²) in [6, 6.07) is 12.7. The summed E-state index contributed by atoms with van der Waals surface area (Å²) in [7, 11) is 0. The summed E-state index contributed by atoms with van der Waals surface area (Å²) in [6.07, 6.45) is -0.501. The van der Waals surface area contributed by atoms with Crippen LogP contribution in [0.15, 0.2) is 53.5 Å². The van der Waals surface area contributed by atoms with Gasteiger partial charge < -0.3 is 30.0 Å². The van der Waals surface area contributed by atoms with Crippen LogP contribution in [0.1, 0.15) is 37.9 Å². The molecule has 0 aromatic heterocycles. The van der Waals surface area contributed by atoms with Gasteiger partial charge in [0.05, 0.1) is 11.0 Å². The van der Waals surface area contributed by atoms with E-state index in [-0.39, 0.29) is 11.6 Å². The molecule has 3 N–H and O–H groups in total. The van der Waals surface area contributed by atoms with Crippen LogP contribution in [0.5, 0.6) is 5.75 Å². The van der Waals surface area contributed by atoms with Crippen molar-refractivity contribution in [1.82, 2.24) is 10.6 Å².